The van der Waals surface area contributed by atoms with Gasteiger partial charge in [-0.05, 0) is 34.5 Å². The van der Waals surface area contributed by atoms with Crippen molar-refractivity contribution >= 4 is 27.5 Å². The molecular formula is C11H15BrClNO. The van der Waals surface area contributed by atoms with Crippen LogP contribution in [0.15, 0.2) is 16.6 Å². The first-order chi connectivity index (χ1) is 7.10. The van der Waals surface area contributed by atoms with Crippen LogP contribution in [-0.2, 0) is 0 Å². The molecule has 0 bridgehead atoms. The number of rotatable bonds is 4. The molecule has 0 aliphatic heterocycles. The van der Waals surface area contributed by atoms with Crippen LogP contribution in [0.2, 0.25) is 5.02 Å². The van der Waals surface area contributed by atoms with Gasteiger partial charge in [0.15, 0.2) is 0 Å². The summed E-state index contributed by atoms with van der Waals surface area (Å²) < 4.78 is 6.16. The van der Waals surface area contributed by atoms with E-state index in [0.717, 1.165) is 28.6 Å². The lowest BCUT2D eigenvalue weighted by atomic mass is 10.0. The minimum Gasteiger partial charge on any atom is -0.495 e. The van der Waals surface area contributed by atoms with E-state index in [4.69, 9.17) is 22.1 Å². The fraction of sp³-hybridized carbons (Fsp3) is 0.455. The quantitative estimate of drug-likeness (QED) is 0.913. The monoisotopic (exact) mass is 291 g/mol. The average Bonchev–Trinajstić information content (AvgIpc) is 2.17. The maximum absolute atomic E-state index is 6.06. The molecule has 2 N–H and O–H groups in total. The van der Waals surface area contributed by atoms with Crippen molar-refractivity contribution in [3.63, 3.8) is 0 Å². The second kappa shape index (κ2) is 5.73. The van der Waals surface area contributed by atoms with Crippen LogP contribution in [0.4, 0.5) is 0 Å². The Balaban J connectivity index is 3.13. The van der Waals surface area contributed by atoms with Gasteiger partial charge in [-0.25, -0.2) is 0 Å². The van der Waals surface area contributed by atoms with E-state index in [2.05, 4.69) is 22.9 Å². The molecule has 4 heteroatoms. The van der Waals surface area contributed by atoms with E-state index in [1.807, 2.05) is 12.1 Å². The van der Waals surface area contributed by atoms with Crippen molar-refractivity contribution in [3.8, 4) is 5.75 Å². The third kappa shape index (κ3) is 3.10. The second-order valence-electron chi connectivity index (χ2n) is 3.41. The summed E-state index contributed by atoms with van der Waals surface area (Å²) in [6, 6.07) is 3.65. The van der Waals surface area contributed by atoms with Gasteiger partial charge in [-0.1, -0.05) is 24.9 Å². The number of ether oxygens (including phenoxy) is 1. The first kappa shape index (κ1) is 12.8. The van der Waals surface area contributed by atoms with Crippen molar-refractivity contribution in [3.05, 3.63) is 27.2 Å². The van der Waals surface area contributed by atoms with E-state index >= 15 is 0 Å². The zero-order valence-corrected chi connectivity index (χ0v) is 11.2. The van der Waals surface area contributed by atoms with E-state index in [1.54, 1.807) is 7.11 Å². The summed E-state index contributed by atoms with van der Waals surface area (Å²) in [6.07, 6.45) is 1.96. The molecule has 1 atom stereocenters. The number of hydrogen-bond acceptors (Lipinski definition) is 2. The van der Waals surface area contributed by atoms with Gasteiger partial charge in [-0.15, -0.1) is 0 Å². The highest BCUT2D eigenvalue weighted by Gasteiger charge is 2.15. The molecule has 0 aromatic heterocycles. The summed E-state index contributed by atoms with van der Waals surface area (Å²) in [4.78, 5) is 0. The molecule has 0 radical (unpaired) electrons. The molecule has 0 heterocycles. The molecule has 0 saturated heterocycles. The Hall–Kier alpha value is -0.250. The summed E-state index contributed by atoms with van der Waals surface area (Å²) in [5.74, 6) is 0.778. The molecule has 84 valence electrons. The molecule has 0 fully saturated rings. The van der Waals surface area contributed by atoms with Crippen LogP contribution in [0.3, 0.4) is 0 Å². The van der Waals surface area contributed by atoms with Gasteiger partial charge in [0.25, 0.3) is 0 Å². The van der Waals surface area contributed by atoms with Crippen LogP contribution in [0, 0.1) is 0 Å². The van der Waals surface area contributed by atoms with Crippen LogP contribution in [0.5, 0.6) is 5.75 Å². The van der Waals surface area contributed by atoms with Crippen LogP contribution in [0.1, 0.15) is 31.4 Å². The van der Waals surface area contributed by atoms with E-state index in [1.165, 1.54) is 0 Å². The van der Waals surface area contributed by atoms with Gasteiger partial charge >= 0.3 is 0 Å². The molecule has 0 saturated carbocycles. The van der Waals surface area contributed by atoms with Crippen molar-refractivity contribution in [1.29, 1.82) is 0 Å². The van der Waals surface area contributed by atoms with Crippen LogP contribution >= 0.6 is 27.5 Å². The second-order valence-corrected chi connectivity index (χ2v) is 4.70. The number of nitrogens with two attached hydrogens (primary N) is 1. The highest BCUT2D eigenvalue weighted by molar-refractivity contribution is 9.10. The third-order valence-electron chi connectivity index (χ3n) is 2.24. The lowest BCUT2D eigenvalue weighted by Crippen LogP contribution is -2.11. The third-order valence-corrected chi connectivity index (χ3v) is 3.05. The Bertz CT molecular complexity index is 344. The summed E-state index contributed by atoms with van der Waals surface area (Å²) >= 11 is 9.39. The normalized spacial score (nSPS) is 12.6. The lowest BCUT2D eigenvalue weighted by molar-refractivity contribution is 0.401. The average molecular weight is 293 g/mol. The largest absolute Gasteiger partial charge is 0.495 e. The van der Waals surface area contributed by atoms with Crippen molar-refractivity contribution < 1.29 is 4.74 Å². The zero-order chi connectivity index (χ0) is 11.4. The van der Waals surface area contributed by atoms with Crippen molar-refractivity contribution in [1.82, 2.24) is 0 Å². The predicted molar refractivity (Wildman–Crippen MR) is 67.5 cm³/mol. The van der Waals surface area contributed by atoms with Gasteiger partial charge in [-0.2, -0.15) is 0 Å². The highest BCUT2D eigenvalue weighted by Crippen LogP contribution is 2.36. The highest BCUT2D eigenvalue weighted by atomic mass is 79.9. The zero-order valence-electron chi connectivity index (χ0n) is 8.89. The molecule has 2 nitrogen and oxygen atoms in total. The van der Waals surface area contributed by atoms with Crippen LogP contribution in [0.25, 0.3) is 0 Å². The molecule has 1 rings (SSSR count). The molecule has 0 spiro atoms. The van der Waals surface area contributed by atoms with Gasteiger partial charge in [0, 0.05) is 16.6 Å². The maximum atomic E-state index is 6.06. The summed E-state index contributed by atoms with van der Waals surface area (Å²) in [6.45, 7) is 2.10. The standard InChI is InChI=1S/C11H15BrClNO/c1-3-4-10(14)8-5-7(13)6-9(12)11(8)15-2/h5-6,10H,3-4,14H2,1-2H3. The van der Waals surface area contributed by atoms with Crippen molar-refractivity contribution in [2.75, 3.05) is 7.11 Å². The molecule has 1 aromatic carbocycles. The fourth-order valence-electron chi connectivity index (χ4n) is 1.54. The predicted octanol–water partition coefficient (Wildman–Crippen LogP) is 3.91. The fourth-order valence-corrected chi connectivity index (χ4v) is 2.53. The Morgan fingerprint density at radius 3 is 2.73 bits per heavy atom. The van der Waals surface area contributed by atoms with Crippen molar-refractivity contribution in [2.45, 2.75) is 25.8 Å². The first-order valence-corrected chi connectivity index (χ1v) is 6.05. The summed E-state index contributed by atoms with van der Waals surface area (Å²) in [5, 5.41) is 0.671. The number of methoxy groups -OCH3 is 1. The molecule has 15 heavy (non-hydrogen) atoms. The lowest BCUT2D eigenvalue weighted by Gasteiger charge is -2.16. The summed E-state index contributed by atoms with van der Waals surface area (Å²) in [7, 11) is 1.64. The topological polar surface area (TPSA) is 35.2 Å². The smallest absolute Gasteiger partial charge is 0.137 e. The molecule has 0 amide bonds. The number of hydrogen-bond donors (Lipinski definition) is 1. The molecule has 0 aliphatic rings. The Kier molecular flexibility index (Phi) is 4.90. The molecule has 1 unspecified atom stereocenters. The van der Waals surface area contributed by atoms with Gasteiger partial charge in [0.05, 0.1) is 11.6 Å². The van der Waals surface area contributed by atoms with E-state index < -0.39 is 0 Å². The van der Waals surface area contributed by atoms with Gasteiger partial charge < -0.3 is 10.5 Å². The maximum Gasteiger partial charge on any atom is 0.137 e. The first-order valence-electron chi connectivity index (χ1n) is 4.88. The van der Waals surface area contributed by atoms with Gasteiger partial charge in [0.1, 0.15) is 5.75 Å². The van der Waals surface area contributed by atoms with E-state index in [9.17, 15) is 0 Å². The Labute approximate surface area is 104 Å². The van der Waals surface area contributed by atoms with E-state index in [0.29, 0.717) is 5.02 Å². The summed E-state index contributed by atoms with van der Waals surface area (Å²) in [5.41, 5.74) is 7.02. The minimum atomic E-state index is -0.0278. The van der Waals surface area contributed by atoms with Gasteiger partial charge in [0.2, 0.25) is 0 Å². The number of halogens is 2. The van der Waals surface area contributed by atoms with E-state index in [-0.39, 0.29) is 6.04 Å². The molecular weight excluding hydrogens is 277 g/mol. The van der Waals surface area contributed by atoms with Crippen molar-refractivity contribution in [2.24, 2.45) is 5.73 Å². The number of benzene rings is 1. The van der Waals surface area contributed by atoms with Gasteiger partial charge in [-0.3, -0.25) is 0 Å². The Morgan fingerprint density at radius 1 is 1.53 bits per heavy atom. The Morgan fingerprint density at radius 2 is 2.20 bits per heavy atom. The minimum absolute atomic E-state index is 0.0278. The van der Waals surface area contributed by atoms with Crippen LogP contribution in [-0.4, -0.2) is 7.11 Å². The SMILES string of the molecule is CCCC(N)c1cc(Cl)cc(Br)c1OC. The molecule has 1 aromatic rings. The molecule has 0 aliphatic carbocycles. The van der Waals surface area contributed by atoms with Crippen LogP contribution < -0.4 is 10.5 Å².